The molecule has 116 valence electrons. The molecule has 0 radical (unpaired) electrons. The molecule has 0 N–H and O–H groups in total. The van der Waals surface area contributed by atoms with Crippen LogP contribution in [0.2, 0.25) is 0 Å². The van der Waals surface area contributed by atoms with E-state index in [0.717, 1.165) is 12.1 Å². The van der Waals surface area contributed by atoms with E-state index >= 15 is 0 Å². The summed E-state index contributed by atoms with van der Waals surface area (Å²) in [6.45, 7) is 1.71. The zero-order valence-corrected chi connectivity index (χ0v) is 11.8. The van der Waals surface area contributed by atoms with Crippen molar-refractivity contribution in [3.8, 4) is 0 Å². The Kier molecular flexibility index (Phi) is 4.64. The fraction of sp³-hybridized carbons (Fsp3) is 0.235. The normalized spacial score (nSPS) is 13.0. The van der Waals surface area contributed by atoms with Crippen LogP contribution < -0.4 is 0 Å². The molecule has 5 heteroatoms. The third-order valence-electron chi connectivity index (χ3n) is 3.49. The zero-order valence-electron chi connectivity index (χ0n) is 11.8. The number of alkyl halides is 3. The van der Waals surface area contributed by atoms with E-state index in [-0.39, 0.29) is 0 Å². The number of benzene rings is 2. The topological polar surface area (TPSA) is 17.1 Å². The molecule has 2 aromatic rings. The van der Waals surface area contributed by atoms with E-state index < -0.39 is 34.8 Å². The molecular weight excluding hydrogens is 296 g/mol. The highest BCUT2D eigenvalue weighted by Crippen LogP contribution is 2.36. The number of Topliss-reactive ketones (excluding diaryl/α,β-unsaturated/α-hetero) is 1. The molecule has 0 amide bonds. The number of hydrogen-bond acceptors (Lipinski definition) is 1. The Balaban J connectivity index is 2.52. The van der Waals surface area contributed by atoms with Crippen molar-refractivity contribution in [2.75, 3.05) is 0 Å². The van der Waals surface area contributed by atoms with Gasteiger partial charge in [0.25, 0.3) is 0 Å². The van der Waals surface area contributed by atoms with Gasteiger partial charge in [0, 0.05) is 11.5 Å². The summed E-state index contributed by atoms with van der Waals surface area (Å²) in [5, 5.41) is 0. The minimum Gasteiger partial charge on any atom is -0.293 e. The van der Waals surface area contributed by atoms with E-state index in [4.69, 9.17) is 0 Å². The van der Waals surface area contributed by atoms with Gasteiger partial charge in [-0.3, -0.25) is 4.79 Å². The number of carbonyl (C=O) groups excluding carboxylic acids is 1. The first-order chi connectivity index (χ1) is 10.4. The minimum atomic E-state index is -4.91. The van der Waals surface area contributed by atoms with E-state index in [1.165, 1.54) is 0 Å². The number of carbonyl (C=O) groups is 1. The molecule has 1 unspecified atom stereocenters. The van der Waals surface area contributed by atoms with E-state index in [1.807, 2.05) is 0 Å². The van der Waals surface area contributed by atoms with Crippen LogP contribution in [0.4, 0.5) is 17.6 Å². The van der Waals surface area contributed by atoms with Gasteiger partial charge >= 0.3 is 6.18 Å². The molecular formula is C17H14F4O. The summed E-state index contributed by atoms with van der Waals surface area (Å²) in [7, 11) is 0. The Morgan fingerprint density at radius 2 is 1.68 bits per heavy atom. The molecule has 0 bridgehead atoms. The molecule has 0 aromatic heterocycles. The van der Waals surface area contributed by atoms with Gasteiger partial charge in [0.2, 0.25) is 0 Å². The molecule has 0 aliphatic carbocycles. The van der Waals surface area contributed by atoms with Crippen molar-refractivity contribution < 1.29 is 22.4 Å². The fourth-order valence-electron chi connectivity index (χ4n) is 2.46. The van der Waals surface area contributed by atoms with Crippen LogP contribution in [0.25, 0.3) is 0 Å². The molecule has 0 saturated carbocycles. The average molecular weight is 310 g/mol. The van der Waals surface area contributed by atoms with Crippen molar-refractivity contribution in [1.29, 1.82) is 0 Å². The molecule has 0 aliphatic rings. The summed E-state index contributed by atoms with van der Waals surface area (Å²) in [6, 6.07) is 11.4. The molecule has 0 heterocycles. The summed E-state index contributed by atoms with van der Waals surface area (Å²) in [6.07, 6.45) is -4.58. The summed E-state index contributed by atoms with van der Waals surface area (Å²) in [5.41, 5.74) is -1.50. The maximum atomic E-state index is 13.6. The Bertz CT molecular complexity index is 662. The van der Waals surface area contributed by atoms with Gasteiger partial charge in [-0.1, -0.05) is 49.4 Å². The standard InChI is InChI=1S/C17H14F4O/c1-2-12(11-7-4-3-5-8-11)16(22)13-9-6-10-14(18)15(13)17(19,20)21/h3-10,12H,2H2,1H3. The van der Waals surface area contributed by atoms with Gasteiger partial charge in [0.1, 0.15) is 11.4 Å². The lowest BCUT2D eigenvalue weighted by Crippen LogP contribution is -2.20. The molecule has 2 aromatic carbocycles. The Hall–Kier alpha value is -2.17. The van der Waals surface area contributed by atoms with E-state index in [0.29, 0.717) is 18.1 Å². The second-order valence-electron chi connectivity index (χ2n) is 4.90. The maximum Gasteiger partial charge on any atom is 0.419 e. The first-order valence-electron chi connectivity index (χ1n) is 6.81. The van der Waals surface area contributed by atoms with Crippen LogP contribution in [0.3, 0.4) is 0 Å². The van der Waals surface area contributed by atoms with Crippen molar-refractivity contribution in [3.05, 3.63) is 71.0 Å². The van der Waals surface area contributed by atoms with Gasteiger partial charge in [-0.15, -0.1) is 0 Å². The maximum absolute atomic E-state index is 13.6. The molecule has 0 saturated heterocycles. The highest BCUT2D eigenvalue weighted by atomic mass is 19.4. The van der Waals surface area contributed by atoms with Crippen molar-refractivity contribution in [3.63, 3.8) is 0 Å². The highest BCUT2D eigenvalue weighted by molar-refractivity contribution is 6.02. The molecule has 0 spiro atoms. The predicted octanol–water partition coefficient (Wildman–Crippen LogP) is 5.22. The van der Waals surface area contributed by atoms with Crippen LogP contribution >= 0.6 is 0 Å². The fourth-order valence-corrected chi connectivity index (χ4v) is 2.46. The van der Waals surface area contributed by atoms with Crippen LogP contribution in [0.1, 0.15) is 40.7 Å². The summed E-state index contributed by atoms with van der Waals surface area (Å²) < 4.78 is 52.7. The SMILES string of the molecule is CCC(C(=O)c1cccc(F)c1C(F)(F)F)c1ccccc1. The summed E-state index contributed by atoms with van der Waals surface area (Å²) in [4.78, 5) is 12.5. The van der Waals surface area contributed by atoms with Gasteiger partial charge < -0.3 is 0 Å². The highest BCUT2D eigenvalue weighted by Gasteiger charge is 2.39. The van der Waals surface area contributed by atoms with Crippen molar-refractivity contribution >= 4 is 5.78 Å². The lowest BCUT2D eigenvalue weighted by atomic mass is 9.86. The molecule has 1 nitrogen and oxygen atoms in total. The zero-order chi connectivity index (χ0) is 16.3. The van der Waals surface area contributed by atoms with Crippen LogP contribution in [0.5, 0.6) is 0 Å². The first kappa shape index (κ1) is 16.2. The summed E-state index contributed by atoms with van der Waals surface area (Å²) in [5.74, 6) is -2.88. The second kappa shape index (κ2) is 6.30. The van der Waals surface area contributed by atoms with Crippen LogP contribution in [-0.4, -0.2) is 5.78 Å². The van der Waals surface area contributed by atoms with E-state index in [1.54, 1.807) is 37.3 Å². The number of ketones is 1. The Labute approximate surface area is 125 Å². The molecule has 0 fully saturated rings. The number of halogens is 4. The van der Waals surface area contributed by atoms with Crippen LogP contribution in [-0.2, 0) is 6.18 Å². The van der Waals surface area contributed by atoms with Crippen molar-refractivity contribution in [2.24, 2.45) is 0 Å². The van der Waals surface area contributed by atoms with Crippen LogP contribution in [0, 0.1) is 5.82 Å². The van der Waals surface area contributed by atoms with Gasteiger partial charge in [-0.05, 0) is 18.1 Å². The first-order valence-corrected chi connectivity index (χ1v) is 6.81. The monoisotopic (exact) mass is 310 g/mol. The number of rotatable bonds is 4. The largest absolute Gasteiger partial charge is 0.419 e. The molecule has 2 rings (SSSR count). The van der Waals surface area contributed by atoms with Crippen molar-refractivity contribution in [1.82, 2.24) is 0 Å². The van der Waals surface area contributed by atoms with Crippen LogP contribution in [0.15, 0.2) is 48.5 Å². The third kappa shape index (κ3) is 3.18. The van der Waals surface area contributed by atoms with E-state index in [9.17, 15) is 22.4 Å². The Morgan fingerprint density at radius 3 is 2.23 bits per heavy atom. The quantitative estimate of drug-likeness (QED) is 0.559. The lowest BCUT2D eigenvalue weighted by Gasteiger charge is -2.18. The molecule has 0 aliphatic heterocycles. The number of hydrogen-bond donors (Lipinski definition) is 0. The smallest absolute Gasteiger partial charge is 0.293 e. The predicted molar refractivity (Wildman–Crippen MR) is 75.2 cm³/mol. The Morgan fingerprint density at radius 1 is 1.05 bits per heavy atom. The average Bonchev–Trinajstić information content (AvgIpc) is 2.47. The molecule has 22 heavy (non-hydrogen) atoms. The van der Waals surface area contributed by atoms with Crippen molar-refractivity contribution in [2.45, 2.75) is 25.4 Å². The van der Waals surface area contributed by atoms with Gasteiger partial charge in [-0.2, -0.15) is 13.2 Å². The van der Waals surface area contributed by atoms with Gasteiger partial charge in [0.15, 0.2) is 5.78 Å². The van der Waals surface area contributed by atoms with Gasteiger partial charge in [0.05, 0.1) is 0 Å². The summed E-state index contributed by atoms with van der Waals surface area (Å²) >= 11 is 0. The lowest BCUT2D eigenvalue weighted by molar-refractivity contribution is -0.140. The molecule has 1 atom stereocenters. The van der Waals surface area contributed by atoms with Gasteiger partial charge in [-0.25, -0.2) is 4.39 Å². The van der Waals surface area contributed by atoms with E-state index in [2.05, 4.69) is 0 Å². The second-order valence-corrected chi connectivity index (χ2v) is 4.90. The minimum absolute atomic E-state index is 0.330. The third-order valence-corrected chi connectivity index (χ3v) is 3.49.